The van der Waals surface area contributed by atoms with Gasteiger partial charge in [-0.05, 0) is 42.1 Å². The zero-order valence-corrected chi connectivity index (χ0v) is 8.78. The normalized spacial score (nSPS) is 13.3. The van der Waals surface area contributed by atoms with E-state index in [0.717, 1.165) is 16.5 Å². The number of hydrogen-bond donors (Lipinski definition) is 1. The van der Waals surface area contributed by atoms with Crippen molar-refractivity contribution in [3.05, 3.63) is 36.0 Å². The van der Waals surface area contributed by atoms with Gasteiger partial charge in [0.2, 0.25) is 0 Å². The molecule has 0 bridgehead atoms. The number of benzene rings is 1. The summed E-state index contributed by atoms with van der Waals surface area (Å²) < 4.78 is 15.6. The van der Waals surface area contributed by atoms with Gasteiger partial charge in [-0.25, -0.2) is 4.39 Å². The van der Waals surface area contributed by atoms with Crippen molar-refractivity contribution in [3.8, 4) is 0 Å². The second kappa shape index (κ2) is 4.03. The Hall–Kier alpha value is -1.35. The summed E-state index contributed by atoms with van der Waals surface area (Å²) in [5.74, 6) is 0. The fourth-order valence-electron chi connectivity index (χ4n) is 1.81. The van der Waals surface area contributed by atoms with Crippen LogP contribution in [-0.2, 0) is 7.05 Å². The first-order valence-electron chi connectivity index (χ1n) is 5.11. The highest BCUT2D eigenvalue weighted by atomic mass is 19.1. The number of aromatic nitrogens is 1. The summed E-state index contributed by atoms with van der Waals surface area (Å²) in [5.41, 5.74) is 7.18. The van der Waals surface area contributed by atoms with E-state index in [4.69, 9.17) is 5.73 Å². The fourth-order valence-corrected chi connectivity index (χ4v) is 1.81. The van der Waals surface area contributed by atoms with Crippen molar-refractivity contribution in [2.24, 2.45) is 12.8 Å². The van der Waals surface area contributed by atoms with Crippen LogP contribution in [0.4, 0.5) is 4.39 Å². The molecule has 80 valence electrons. The highest BCUT2D eigenvalue weighted by molar-refractivity contribution is 5.80. The van der Waals surface area contributed by atoms with Gasteiger partial charge in [0.1, 0.15) is 6.17 Å². The number of hydrogen-bond acceptors (Lipinski definition) is 1. The fraction of sp³-hybridized carbons (Fsp3) is 0.333. The van der Waals surface area contributed by atoms with Crippen LogP contribution in [0, 0.1) is 0 Å². The van der Waals surface area contributed by atoms with Gasteiger partial charge in [-0.1, -0.05) is 6.07 Å². The molecule has 1 unspecified atom stereocenters. The van der Waals surface area contributed by atoms with Crippen molar-refractivity contribution in [2.75, 3.05) is 6.54 Å². The van der Waals surface area contributed by atoms with Crippen molar-refractivity contribution in [2.45, 2.75) is 12.6 Å². The maximum atomic E-state index is 13.6. The first-order chi connectivity index (χ1) is 7.22. The van der Waals surface area contributed by atoms with Gasteiger partial charge in [-0.2, -0.15) is 0 Å². The predicted molar refractivity (Wildman–Crippen MR) is 60.4 cm³/mol. The zero-order valence-electron chi connectivity index (χ0n) is 8.78. The molecule has 0 saturated carbocycles. The molecule has 0 radical (unpaired) electrons. The predicted octanol–water partition coefficient (Wildman–Crippen LogP) is 2.54. The van der Waals surface area contributed by atoms with Gasteiger partial charge in [0.15, 0.2) is 0 Å². The Morgan fingerprint density at radius 1 is 1.40 bits per heavy atom. The second-order valence-corrected chi connectivity index (χ2v) is 3.79. The summed E-state index contributed by atoms with van der Waals surface area (Å²) in [6.07, 6.45) is 1.42. The van der Waals surface area contributed by atoms with E-state index in [9.17, 15) is 4.39 Å². The molecule has 1 aromatic heterocycles. The van der Waals surface area contributed by atoms with Crippen LogP contribution in [0.15, 0.2) is 30.5 Å². The Morgan fingerprint density at radius 2 is 2.20 bits per heavy atom. The minimum atomic E-state index is -0.945. The molecule has 2 rings (SSSR count). The van der Waals surface area contributed by atoms with E-state index in [2.05, 4.69) is 0 Å². The third kappa shape index (κ3) is 1.88. The van der Waals surface area contributed by atoms with E-state index >= 15 is 0 Å². The molecular formula is C12H15FN2. The second-order valence-electron chi connectivity index (χ2n) is 3.79. The highest BCUT2D eigenvalue weighted by Gasteiger charge is 2.09. The molecule has 1 atom stereocenters. The maximum Gasteiger partial charge on any atom is 0.126 e. The van der Waals surface area contributed by atoms with E-state index < -0.39 is 6.17 Å². The summed E-state index contributed by atoms with van der Waals surface area (Å²) in [6.45, 7) is 0.383. The van der Waals surface area contributed by atoms with Crippen LogP contribution in [0.2, 0.25) is 0 Å². The molecule has 0 aliphatic carbocycles. The molecule has 0 aliphatic rings. The lowest BCUT2D eigenvalue weighted by molar-refractivity contribution is 0.328. The number of halogens is 1. The van der Waals surface area contributed by atoms with Gasteiger partial charge in [0, 0.05) is 18.8 Å². The van der Waals surface area contributed by atoms with Crippen molar-refractivity contribution in [1.82, 2.24) is 4.57 Å². The molecule has 0 spiro atoms. The topological polar surface area (TPSA) is 30.9 Å². The summed E-state index contributed by atoms with van der Waals surface area (Å²) >= 11 is 0. The summed E-state index contributed by atoms with van der Waals surface area (Å²) in [6, 6.07) is 7.68. The van der Waals surface area contributed by atoms with Crippen LogP contribution in [0.3, 0.4) is 0 Å². The third-order valence-electron chi connectivity index (χ3n) is 2.69. The first-order valence-corrected chi connectivity index (χ1v) is 5.11. The van der Waals surface area contributed by atoms with Gasteiger partial charge in [0.25, 0.3) is 0 Å². The summed E-state index contributed by atoms with van der Waals surface area (Å²) in [4.78, 5) is 0. The molecule has 2 nitrogen and oxygen atoms in total. The van der Waals surface area contributed by atoms with Crippen LogP contribution in [0.1, 0.15) is 18.2 Å². The molecule has 0 amide bonds. The minimum Gasteiger partial charge on any atom is -0.351 e. The lowest BCUT2D eigenvalue weighted by Gasteiger charge is -2.07. The molecule has 15 heavy (non-hydrogen) atoms. The van der Waals surface area contributed by atoms with Crippen LogP contribution in [0.25, 0.3) is 10.9 Å². The average Bonchev–Trinajstić information content (AvgIpc) is 2.60. The van der Waals surface area contributed by atoms with Gasteiger partial charge in [-0.15, -0.1) is 0 Å². The molecule has 0 saturated heterocycles. The molecule has 1 heterocycles. The molecule has 2 N–H and O–H groups in total. The first kappa shape index (κ1) is 10.2. The van der Waals surface area contributed by atoms with E-state index in [-0.39, 0.29) is 0 Å². The number of nitrogens with two attached hydrogens (primary N) is 1. The number of rotatable bonds is 3. The lowest BCUT2D eigenvalue weighted by atomic mass is 10.1. The smallest absolute Gasteiger partial charge is 0.126 e. The summed E-state index contributed by atoms with van der Waals surface area (Å²) in [5, 5.41) is 1.08. The number of alkyl halides is 1. The van der Waals surface area contributed by atoms with E-state index in [1.165, 1.54) is 0 Å². The van der Waals surface area contributed by atoms with Gasteiger partial charge < -0.3 is 10.3 Å². The number of aryl methyl sites for hydroxylation is 1. The molecule has 0 aliphatic heterocycles. The maximum absolute atomic E-state index is 13.6. The van der Waals surface area contributed by atoms with Crippen LogP contribution < -0.4 is 5.73 Å². The van der Waals surface area contributed by atoms with E-state index in [0.29, 0.717) is 13.0 Å². The van der Waals surface area contributed by atoms with Crippen LogP contribution in [0.5, 0.6) is 0 Å². The van der Waals surface area contributed by atoms with Crippen LogP contribution in [-0.4, -0.2) is 11.1 Å². The average molecular weight is 206 g/mol. The van der Waals surface area contributed by atoms with E-state index in [1.807, 2.05) is 42.1 Å². The number of nitrogens with zero attached hydrogens (tertiary/aromatic N) is 1. The lowest BCUT2D eigenvalue weighted by Crippen LogP contribution is -2.03. The van der Waals surface area contributed by atoms with Crippen molar-refractivity contribution in [1.29, 1.82) is 0 Å². The van der Waals surface area contributed by atoms with E-state index in [1.54, 1.807) is 0 Å². The number of fused-ring (bicyclic) bond motifs is 1. The zero-order chi connectivity index (χ0) is 10.8. The molecular weight excluding hydrogens is 191 g/mol. The van der Waals surface area contributed by atoms with Gasteiger partial charge >= 0.3 is 0 Å². The van der Waals surface area contributed by atoms with Gasteiger partial charge in [0.05, 0.1) is 0 Å². The largest absolute Gasteiger partial charge is 0.351 e. The molecule has 1 aromatic carbocycles. The molecule has 3 heteroatoms. The Bertz CT molecular complexity index is 462. The highest BCUT2D eigenvalue weighted by Crippen LogP contribution is 2.25. The third-order valence-corrected chi connectivity index (χ3v) is 2.69. The van der Waals surface area contributed by atoms with Gasteiger partial charge in [-0.3, -0.25) is 0 Å². The van der Waals surface area contributed by atoms with Crippen LogP contribution >= 0.6 is 0 Å². The Kier molecular flexibility index (Phi) is 2.73. The van der Waals surface area contributed by atoms with Crippen molar-refractivity contribution >= 4 is 10.9 Å². The standard InChI is InChI=1S/C12H15FN2/c1-15-7-5-10-8-9(2-3-12(10)15)11(13)4-6-14/h2-3,5,7-8,11H,4,6,14H2,1H3. The minimum absolute atomic E-state index is 0.383. The monoisotopic (exact) mass is 206 g/mol. The Balaban J connectivity index is 2.38. The molecule has 0 fully saturated rings. The van der Waals surface area contributed by atoms with Crippen molar-refractivity contribution < 1.29 is 4.39 Å². The molecule has 2 aromatic rings. The Morgan fingerprint density at radius 3 is 2.93 bits per heavy atom. The van der Waals surface area contributed by atoms with Crippen molar-refractivity contribution in [3.63, 3.8) is 0 Å². The Labute approximate surface area is 88.5 Å². The SMILES string of the molecule is Cn1ccc2cc(C(F)CCN)ccc21. The quantitative estimate of drug-likeness (QED) is 0.822. The summed E-state index contributed by atoms with van der Waals surface area (Å²) in [7, 11) is 1.98.